The van der Waals surface area contributed by atoms with E-state index in [1.807, 2.05) is 0 Å². The fraction of sp³-hybridized carbons (Fsp3) is 0.200. The van der Waals surface area contributed by atoms with Crippen molar-refractivity contribution >= 4 is 28.1 Å². The first kappa shape index (κ1) is 7.01. The number of nitrogen functional groups attached to an aromatic ring is 1. The predicted molar refractivity (Wildman–Crippen MR) is 40.8 cm³/mol. The monoisotopic (exact) mass is 157 g/mol. The maximum atomic E-state index is 10.5. The topological polar surface area (TPSA) is 68.0 Å². The molecule has 0 aromatic carbocycles. The number of anilines is 2. The Labute approximate surface area is 62.1 Å². The number of amides is 1. The molecule has 10 heavy (non-hydrogen) atoms. The third-order valence-corrected chi connectivity index (χ3v) is 1.64. The normalized spacial score (nSPS) is 9.30. The predicted octanol–water partition coefficient (Wildman–Crippen LogP) is 0.684. The fourth-order valence-electron chi connectivity index (χ4n) is 0.508. The molecule has 0 saturated heterocycles. The molecule has 54 valence electrons. The molecule has 0 saturated carbocycles. The first-order valence-electron chi connectivity index (χ1n) is 2.66. The molecule has 5 heteroatoms. The summed E-state index contributed by atoms with van der Waals surface area (Å²) in [6, 6.07) is 0. The first-order chi connectivity index (χ1) is 4.70. The van der Waals surface area contributed by atoms with Gasteiger partial charge in [0.25, 0.3) is 0 Å². The molecule has 4 nitrogen and oxygen atoms in total. The molecular formula is C5H7N3OS. The van der Waals surface area contributed by atoms with Crippen molar-refractivity contribution in [3.05, 3.63) is 5.51 Å². The molecule has 0 aliphatic rings. The van der Waals surface area contributed by atoms with E-state index in [0.717, 1.165) is 0 Å². The van der Waals surface area contributed by atoms with Crippen molar-refractivity contribution in [2.24, 2.45) is 0 Å². The molecule has 0 atom stereocenters. The lowest BCUT2D eigenvalue weighted by Gasteiger charge is -1.95. The number of hydrogen-bond donors (Lipinski definition) is 2. The fourth-order valence-corrected chi connectivity index (χ4v) is 1.16. The highest BCUT2D eigenvalue weighted by Gasteiger charge is 2.01. The largest absolute Gasteiger partial charge is 0.381 e. The van der Waals surface area contributed by atoms with E-state index in [0.29, 0.717) is 10.8 Å². The Hall–Kier alpha value is -1.10. The van der Waals surface area contributed by atoms with Crippen molar-refractivity contribution in [3.8, 4) is 0 Å². The van der Waals surface area contributed by atoms with Gasteiger partial charge in [0.1, 0.15) is 5.00 Å². The maximum absolute atomic E-state index is 10.5. The van der Waals surface area contributed by atoms with Crippen LogP contribution in [-0.2, 0) is 4.79 Å². The molecule has 0 aliphatic heterocycles. The SMILES string of the molecule is CC(=O)Nc1scnc1N. The van der Waals surface area contributed by atoms with Crippen molar-refractivity contribution in [3.63, 3.8) is 0 Å². The smallest absolute Gasteiger partial charge is 0.221 e. The number of carbonyl (C=O) groups is 1. The number of aromatic nitrogens is 1. The molecule has 0 spiro atoms. The van der Waals surface area contributed by atoms with Crippen LogP contribution in [0.4, 0.5) is 10.8 Å². The molecule has 3 N–H and O–H groups in total. The van der Waals surface area contributed by atoms with E-state index in [2.05, 4.69) is 10.3 Å². The van der Waals surface area contributed by atoms with Crippen LogP contribution in [0.25, 0.3) is 0 Å². The lowest BCUT2D eigenvalue weighted by molar-refractivity contribution is -0.114. The molecule has 1 heterocycles. The van der Waals surface area contributed by atoms with Crippen LogP contribution in [0.1, 0.15) is 6.92 Å². The zero-order valence-corrected chi connectivity index (χ0v) is 6.23. The summed E-state index contributed by atoms with van der Waals surface area (Å²) < 4.78 is 0. The molecule has 1 aromatic heterocycles. The van der Waals surface area contributed by atoms with E-state index in [9.17, 15) is 4.79 Å². The molecule has 0 unspecified atom stereocenters. The minimum Gasteiger partial charge on any atom is -0.381 e. The maximum Gasteiger partial charge on any atom is 0.221 e. The Balaban J connectivity index is 2.74. The van der Waals surface area contributed by atoms with E-state index in [1.54, 1.807) is 5.51 Å². The van der Waals surface area contributed by atoms with Gasteiger partial charge >= 0.3 is 0 Å². The highest BCUT2D eigenvalue weighted by Crippen LogP contribution is 2.21. The van der Waals surface area contributed by atoms with Gasteiger partial charge in [-0.25, -0.2) is 4.98 Å². The summed E-state index contributed by atoms with van der Waals surface area (Å²) in [6.07, 6.45) is 0. The van der Waals surface area contributed by atoms with Crippen molar-refractivity contribution in [1.82, 2.24) is 4.98 Å². The van der Waals surface area contributed by atoms with Crippen molar-refractivity contribution in [1.29, 1.82) is 0 Å². The Morgan fingerprint density at radius 3 is 3.00 bits per heavy atom. The molecule has 0 bridgehead atoms. The summed E-state index contributed by atoms with van der Waals surface area (Å²) in [5, 5.41) is 3.16. The summed E-state index contributed by atoms with van der Waals surface area (Å²) in [5.74, 6) is 0.246. The van der Waals surface area contributed by atoms with Crippen LogP contribution < -0.4 is 11.1 Å². The second-order valence-electron chi connectivity index (χ2n) is 1.75. The average Bonchev–Trinajstić information content (AvgIpc) is 2.15. The van der Waals surface area contributed by atoms with Gasteiger partial charge < -0.3 is 11.1 Å². The van der Waals surface area contributed by atoms with Gasteiger partial charge in [-0.15, -0.1) is 11.3 Å². The number of nitrogens with one attached hydrogen (secondary N) is 1. The zero-order chi connectivity index (χ0) is 7.56. The summed E-state index contributed by atoms with van der Waals surface area (Å²) in [4.78, 5) is 14.2. The summed E-state index contributed by atoms with van der Waals surface area (Å²) >= 11 is 1.31. The van der Waals surface area contributed by atoms with E-state index in [4.69, 9.17) is 5.73 Å². The van der Waals surface area contributed by atoms with Crippen LogP contribution in [0.5, 0.6) is 0 Å². The van der Waals surface area contributed by atoms with Crippen LogP contribution >= 0.6 is 11.3 Å². The zero-order valence-electron chi connectivity index (χ0n) is 5.42. The van der Waals surface area contributed by atoms with Gasteiger partial charge in [0.15, 0.2) is 5.82 Å². The van der Waals surface area contributed by atoms with Crippen LogP contribution in [0.3, 0.4) is 0 Å². The van der Waals surface area contributed by atoms with Crippen molar-refractivity contribution < 1.29 is 4.79 Å². The van der Waals surface area contributed by atoms with Gasteiger partial charge in [0.2, 0.25) is 5.91 Å². The molecule has 1 rings (SSSR count). The van der Waals surface area contributed by atoms with Crippen LogP contribution in [-0.4, -0.2) is 10.9 Å². The first-order valence-corrected chi connectivity index (χ1v) is 3.54. The van der Waals surface area contributed by atoms with E-state index in [-0.39, 0.29) is 5.91 Å². The van der Waals surface area contributed by atoms with Gasteiger partial charge in [-0.1, -0.05) is 0 Å². The molecular weight excluding hydrogens is 150 g/mol. The number of hydrogen-bond acceptors (Lipinski definition) is 4. The van der Waals surface area contributed by atoms with Crippen molar-refractivity contribution in [2.75, 3.05) is 11.1 Å². The van der Waals surface area contributed by atoms with Gasteiger partial charge in [-0.2, -0.15) is 0 Å². The highest BCUT2D eigenvalue weighted by atomic mass is 32.1. The third kappa shape index (κ3) is 1.44. The molecule has 0 fully saturated rings. The van der Waals surface area contributed by atoms with Gasteiger partial charge in [0.05, 0.1) is 5.51 Å². The van der Waals surface area contributed by atoms with Crippen molar-refractivity contribution in [2.45, 2.75) is 6.92 Å². The lowest BCUT2D eigenvalue weighted by atomic mass is 10.6. The average molecular weight is 157 g/mol. The molecule has 0 radical (unpaired) electrons. The minimum absolute atomic E-state index is 0.129. The second kappa shape index (κ2) is 2.66. The Kier molecular flexibility index (Phi) is 1.86. The Morgan fingerprint density at radius 1 is 1.90 bits per heavy atom. The highest BCUT2D eigenvalue weighted by molar-refractivity contribution is 7.14. The molecule has 1 amide bonds. The van der Waals surface area contributed by atoms with E-state index >= 15 is 0 Å². The quantitative estimate of drug-likeness (QED) is 0.630. The summed E-state index contributed by atoms with van der Waals surface area (Å²) in [5.41, 5.74) is 6.96. The number of nitrogens with two attached hydrogens (primary N) is 1. The van der Waals surface area contributed by atoms with Crippen LogP contribution in [0.2, 0.25) is 0 Å². The minimum atomic E-state index is -0.129. The number of rotatable bonds is 1. The van der Waals surface area contributed by atoms with Crippen LogP contribution in [0.15, 0.2) is 5.51 Å². The van der Waals surface area contributed by atoms with E-state index < -0.39 is 0 Å². The Morgan fingerprint density at radius 2 is 2.60 bits per heavy atom. The standard InChI is InChI=1S/C5H7N3OS/c1-3(9)8-5-4(6)7-2-10-5/h2H,6H2,1H3,(H,8,9). The lowest BCUT2D eigenvalue weighted by Crippen LogP contribution is -2.05. The van der Waals surface area contributed by atoms with Gasteiger partial charge in [-0.05, 0) is 0 Å². The number of thiazole rings is 1. The van der Waals surface area contributed by atoms with Crippen LogP contribution in [0, 0.1) is 0 Å². The van der Waals surface area contributed by atoms with Gasteiger partial charge in [-0.3, -0.25) is 4.79 Å². The number of nitrogens with zero attached hydrogens (tertiary/aromatic N) is 1. The second-order valence-corrected chi connectivity index (χ2v) is 2.60. The number of carbonyl (C=O) groups excluding carboxylic acids is 1. The van der Waals surface area contributed by atoms with Gasteiger partial charge in [0, 0.05) is 6.92 Å². The molecule has 0 aliphatic carbocycles. The van der Waals surface area contributed by atoms with E-state index in [1.165, 1.54) is 18.3 Å². The Bertz CT molecular complexity index is 245. The third-order valence-electron chi connectivity index (χ3n) is 0.885. The summed E-state index contributed by atoms with van der Waals surface area (Å²) in [6.45, 7) is 1.43. The summed E-state index contributed by atoms with van der Waals surface area (Å²) in [7, 11) is 0. The molecule has 1 aromatic rings.